The lowest BCUT2D eigenvalue weighted by molar-refractivity contribution is 1.56. The summed E-state index contributed by atoms with van der Waals surface area (Å²) in [5, 5.41) is 2.67. The van der Waals surface area contributed by atoms with E-state index in [2.05, 4.69) is 194 Å². The van der Waals surface area contributed by atoms with Crippen molar-refractivity contribution in [3.8, 4) is 66.8 Å². The fourth-order valence-corrected chi connectivity index (χ4v) is 8.03. The van der Waals surface area contributed by atoms with Crippen molar-refractivity contribution in [3.05, 3.63) is 194 Å². The molecule has 0 aliphatic rings. The molecule has 0 spiro atoms. The lowest BCUT2D eigenvalue weighted by Gasteiger charge is -2.10. The van der Waals surface area contributed by atoms with Crippen LogP contribution in [-0.4, -0.2) is 0 Å². The minimum atomic E-state index is 1.21. The Morgan fingerprint density at radius 2 is 0.531 bits per heavy atom. The topological polar surface area (TPSA) is 0 Å². The molecule has 0 saturated heterocycles. The van der Waals surface area contributed by atoms with Crippen molar-refractivity contribution in [2.75, 3.05) is 0 Å². The second kappa shape index (κ2) is 12.5. The molecule has 0 aliphatic heterocycles. The van der Waals surface area contributed by atoms with E-state index in [4.69, 9.17) is 0 Å². The summed E-state index contributed by atoms with van der Waals surface area (Å²) in [6.45, 7) is 0. The van der Waals surface area contributed by atoms with E-state index in [-0.39, 0.29) is 0 Å². The van der Waals surface area contributed by atoms with Crippen LogP contribution < -0.4 is 0 Å². The van der Waals surface area contributed by atoms with Crippen LogP contribution in [0.15, 0.2) is 194 Å². The van der Waals surface area contributed by atoms with E-state index in [9.17, 15) is 0 Å². The minimum absolute atomic E-state index is 1.21. The monoisotopic (exact) mass is 640 g/mol. The number of benzene rings is 8. The second-order valence-corrected chi connectivity index (χ2v) is 13.7. The van der Waals surface area contributed by atoms with Gasteiger partial charge < -0.3 is 0 Å². The zero-order valence-corrected chi connectivity index (χ0v) is 27.7. The summed E-state index contributed by atoms with van der Waals surface area (Å²) >= 11 is 1.87. The molecule has 49 heavy (non-hydrogen) atoms. The molecule has 0 unspecified atom stereocenters. The third-order valence-corrected chi connectivity index (χ3v) is 10.6. The van der Waals surface area contributed by atoms with Crippen LogP contribution in [0.2, 0.25) is 0 Å². The summed E-state index contributed by atoms with van der Waals surface area (Å²) in [4.78, 5) is 0. The van der Waals surface area contributed by atoms with Crippen LogP contribution in [-0.2, 0) is 0 Å². The van der Waals surface area contributed by atoms with Crippen LogP contribution in [0.3, 0.4) is 0 Å². The zero-order valence-electron chi connectivity index (χ0n) is 26.9. The van der Waals surface area contributed by atoms with E-state index in [0.29, 0.717) is 0 Å². The van der Waals surface area contributed by atoms with Gasteiger partial charge in [-0.2, -0.15) is 0 Å². The zero-order chi connectivity index (χ0) is 32.6. The number of thiophene rings is 1. The molecule has 0 saturated carbocycles. The third kappa shape index (κ3) is 5.75. The summed E-state index contributed by atoms with van der Waals surface area (Å²) < 4.78 is 2.67. The molecule has 1 aromatic heterocycles. The van der Waals surface area contributed by atoms with Crippen LogP contribution in [0.1, 0.15) is 0 Å². The molecule has 0 nitrogen and oxygen atoms in total. The fraction of sp³-hybridized carbons (Fsp3) is 0. The number of hydrogen-bond acceptors (Lipinski definition) is 1. The maximum absolute atomic E-state index is 2.34. The van der Waals surface area contributed by atoms with Crippen LogP contribution in [0.25, 0.3) is 86.9 Å². The van der Waals surface area contributed by atoms with Crippen LogP contribution in [0, 0.1) is 0 Å². The molecule has 0 radical (unpaired) electrons. The highest BCUT2D eigenvalue weighted by Gasteiger charge is 2.09. The van der Waals surface area contributed by atoms with Crippen LogP contribution in [0.5, 0.6) is 0 Å². The Balaban J connectivity index is 0.961. The molecule has 0 amide bonds. The summed E-state index contributed by atoms with van der Waals surface area (Å²) in [7, 11) is 0. The van der Waals surface area contributed by atoms with Crippen molar-refractivity contribution in [1.82, 2.24) is 0 Å². The third-order valence-electron chi connectivity index (χ3n) is 9.51. The van der Waals surface area contributed by atoms with Crippen LogP contribution >= 0.6 is 11.3 Å². The molecule has 9 aromatic rings. The molecule has 1 heteroatoms. The van der Waals surface area contributed by atoms with Crippen molar-refractivity contribution in [3.63, 3.8) is 0 Å². The molecule has 0 atom stereocenters. The summed E-state index contributed by atoms with van der Waals surface area (Å²) in [5.41, 5.74) is 14.7. The van der Waals surface area contributed by atoms with Crippen molar-refractivity contribution >= 4 is 31.5 Å². The highest BCUT2D eigenvalue weighted by Crippen LogP contribution is 2.37. The maximum atomic E-state index is 2.34. The van der Waals surface area contributed by atoms with Gasteiger partial charge in [0.05, 0.1) is 0 Å². The Bertz CT molecular complexity index is 2570. The lowest BCUT2D eigenvalue weighted by Crippen LogP contribution is -1.85. The van der Waals surface area contributed by atoms with Crippen molar-refractivity contribution in [2.24, 2.45) is 0 Å². The van der Waals surface area contributed by atoms with E-state index < -0.39 is 0 Å². The van der Waals surface area contributed by atoms with Gasteiger partial charge in [0.15, 0.2) is 0 Å². The Morgan fingerprint density at radius 1 is 0.204 bits per heavy atom. The van der Waals surface area contributed by atoms with Crippen molar-refractivity contribution < 1.29 is 0 Å². The van der Waals surface area contributed by atoms with Gasteiger partial charge in [-0.25, -0.2) is 0 Å². The molecule has 0 bridgehead atoms. The first-order chi connectivity index (χ1) is 24.2. The average Bonchev–Trinajstić information content (AvgIpc) is 3.57. The molecule has 0 fully saturated rings. The van der Waals surface area contributed by atoms with Gasteiger partial charge in [-0.05, 0) is 97.1 Å². The molecular formula is C48H32S. The smallest absolute Gasteiger partial charge is 0.0361 e. The SMILES string of the molecule is c1ccc(-c2ccc(-c3cccc(-c4ccc(-c5cccc(-c6cccc(-c7ccc8c(c7)sc7ccccc78)c6)c5)cc4)c3)cc2)cc1. The van der Waals surface area contributed by atoms with E-state index in [1.54, 1.807) is 0 Å². The largest absolute Gasteiger partial charge is 0.135 e. The molecule has 0 N–H and O–H groups in total. The molecule has 230 valence electrons. The van der Waals surface area contributed by atoms with Crippen molar-refractivity contribution in [2.45, 2.75) is 0 Å². The van der Waals surface area contributed by atoms with E-state index >= 15 is 0 Å². The molecule has 8 aromatic carbocycles. The summed E-state index contributed by atoms with van der Waals surface area (Å²) in [6.07, 6.45) is 0. The highest BCUT2D eigenvalue weighted by atomic mass is 32.1. The molecule has 1 heterocycles. The van der Waals surface area contributed by atoms with E-state index in [0.717, 1.165) is 0 Å². The van der Waals surface area contributed by atoms with Gasteiger partial charge in [-0.3, -0.25) is 0 Å². The van der Waals surface area contributed by atoms with Gasteiger partial charge in [0.2, 0.25) is 0 Å². The normalized spacial score (nSPS) is 11.3. The first kappa shape index (κ1) is 29.1. The van der Waals surface area contributed by atoms with E-state index in [1.807, 2.05) is 11.3 Å². The van der Waals surface area contributed by atoms with Crippen molar-refractivity contribution in [1.29, 1.82) is 0 Å². The standard InChI is InChI=1S/C48H32S/c1-2-9-33(10-3-1)34-19-21-35(22-20-34)38-11-6-12-39(29-38)36-23-25-37(26-24-36)40-13-7-14-41(30-40)42-15-8-16-43(31-42)44-27-28-46-45-17-4-5-18-47(45)49-48(46)32-44/h1-32H. The average molecular weight is 641 g/mol. The Morgan fingerprint density at radius 3 is 1.04 bits per heavy atom. The van der Waals surface area contributed by atoms with Gasteiger partial charge >= 0.3 is 0 Å². The first-order valence-corrected chi connectivity index (χ1v) is 17.6. The number of hydrogen-bond donors (Lipinski definition) is 0. The van der Waals surface area contributed by atoms with Gasteiger partial charge in [0.25, 0.3) is 0 Å². The quantitative estimate of drug-likeness (QED) is 0.170. The van der Waals surface area contributed by atoms with Gasteiger partial charge in [-0.1, -0.05) is 164 Å². The first-order valence-electron chi connectivity index (χ1n) is 16.7. The second-order valence-electron chi connectivity index (χ2n) is 12.6. The molecular weight excluding hydrogens is 609 g/mol. The summed E-state index contributed by atoms with van der Waals surface area (Å²) in [6, 6.07) is 70.6. The Labute approximate surface area is 291 Å². The highest BCUT2D eigenvalue weighted by molar-refractivity contribution is 7.25. The Kier molecular flexibility index (Phi) is 7.46. The lowest BCUT2D eigenvalue weighted by atomic mass is 9.94. The molecule has 0 aliphatic carbocycles. The van der Waals surface area contributed by atoms with Gasteiger partial charge in [0.1, 0.15) is 0 Å². The fourth-order valence-electron chi connectivity index (χ4n) is 6.88. The maximum Gasteiger partial charge on any atom is 0.0361 e. The van der Waals surface area contributed by atoms with Gasteiger partial charge in [-0.15, -0.1) is 11.3 Å². The molecule has 9 rings (SSSR count). The summed E-state index contributed by atoms with van der Waals surface area (Å²) in [5.74, 6) is 0. The van der Waals surface area contributed by atoms with Crippen LogP contribution in [0.4, 0.5) is 0 Å². The Hall–Kier alpha value is -6.02. The predicted molar refractivity (Wildman–Crippen MR) is 212 cm³/mol. The number of fused-ring (bicyclic) bond motifs is 3. The predicted octanol–water partition coefficient (Wildman–Crippen LogP) is 14.1. The van der Waals surface area contributed by atoms with Gasteiger partial charge in [0, 0.05) is 20.2 Å². The number of rotatable bonds is 6. The minimum Gasteiger partial charge on any atom is -0.135 e. The van der Waals surface area contributed by atoms with E-state index in [1.165, 1.54) is 86.9 Å².